The normalized spacial score (nSPS) is 10.3. The van der Waals surface area contributed by atoms with Gasteiger partial charge in [-0.25, -0.2) is 0 Å². The number of halogens is 1. The highest BCUT2D eigenvalue weighted by molar-refractivity contribution is 6.33. The number of hydrogen-bond acceptors (Lipinski definition) is 3. The van der Waals surface area contributed by atoms with Crippen molar-refractivity contribution in [2.24, 2.45) is 0 Å². The van der Waals surface area contributed by atoms with Gasteiger partial charge in [0.2, 0.25) is 5.91 Å². The molecule has 0 unspecified atom stereocenters. The van der Waals surface area contributed by atoms with Crippen molar-refractivity contribution in [3.8, 4) is 0 Å². The molecule has 0 spiro atoms. The maximum Gasteiger partial charge on any atom is 0.243 e. The molecule has 0 aliphatic heterocycles. The number of benzene rings is 1. The van der Waals surface area contributed by atoms with E-state index in [0.29, 0.717) is 5.02 Å². The van der Waals surface area contributed by atoms with Crippen molar-refractivity contribution >= 4 is 28.9 Å². The van der Waals surface area contributed by atoms with Gasteiger partial charge in [0.1, 0.15) is 0 Å². The van der Waals surface area contributed by atoms with Crippen LogP contribution in [0, 0.1) is 13.8 Å². The molecule has 1 amide bonds. The lowest BCUT2D eigenvalue weighted by molar-refractivity contribution is -0.114. The number of nitrogens with one attached hydrogen (secondary N) is 1. The number of carbonyl (C=O) groups is 1. The van der Waals surface area contributed by atoms with Crippen LogP contribution in [0.3, 0.4) is 0 Å². The molecular formula is C16H18ClN3O. The summed E-state index contributed by atoms with van der Waals surface area (Å²) in [5.41, 5.74) is 3.85. The van der Waals surface area contributed by atoms with E-state index in [0.717, 1.165) is 22.5 Å². The van der Waals surface area contributed by atoms with Gasteiger partial charge in [-0.1, -0.05) is 23.7 Å². The molecule has 0 atom stereocenters. The number of rotatable bonds is 4. The number of carbonyl (C=O) groups excluding carboxylic acids is 1. The molecule has 0 fully saturated rings. The minimum absolute atomic E-state index is 0.0842. The number of likely N-dealkylation sites (N-methyl/N-ethyl adjacent to an activating group) is 1. The maximum atomic E-state index is 12.2. The summed E-state index contributed by atoms with van der Waals surface area (Å²) in [6.07, 6.45) is 3.22. The highest BCUT2D eigenvalue weighted by Gasteiger charge is 2.11. The minimum Gasteiger partial charge on any atom is -0.364 e. The van der Waals surface area contributed by atoms with E-state index in [1.54, 1.807) is 23.4 Å². The lowest BCUT2D eigenvalue weighted by atomic mass is 10.1. The number of amides is 1. The molecule has 0 radical (unpaired) electrons. The summed E-state index contributed by atoms with van der Waals surface area (Å²) in [6, 6.07) is 7.64. The Morgan fingerprint density at radius 1 is 1.33 bits per heavy atom. The highest BCUT2D eigenvalue weighted by atomic mass is 35.5. The van der Waals surface area contributed by atoms with E-state index < -0.39 is 0 Å². The number of nitrogens with zero attached hydrogens (tertiary/aromatic N) is 2. The van der Waals surface area contributed by atoms with Crippen LogP contribution in [-0.4, -0.2) is 24.5 Å². The summed E-state index contributed by atoms with van der Waals surface area (Å²) in [6.45, 7) is 4.24. The molecule has 2 rings (SSSR count). The standard InChI is InChI=1S/C16H18ClN3O/c1-11-5-4-6-14(12(11)2)19-16(21)10-20(3)15-7-8-18-9-13(15)17/h4-9H,10H2,1-3H3,(H,19,21). The van der Waals surface area contributed by atoms with Gasteiger partial charge >= 0.3 is 0 Å². The van der Waals surface area contributed by atoms with Crippen LogP contribution < -0.4 is 10.2 Å². The first-order valence-corrected chi connectivity index (χ1v) is 7.03. The van der Waals surface area contributed by atoms with Crippen molar-refractivity contribution in [2.45, 2.75) is 13.8 Å². The van der Waals surface area contributed by atoms with Gasteiger partial charge in [-0.3, -0.25) is 9.78 Å². The fourth-order valence-corrected chi connectivity index (χ4v) is 2.32. The Morgan fingerprint density at radius 3 is 2.81 bits per heavy atom. The van der Waals surface area contributed by atoms with Gasteiger partial charge in [-0.05, 0) is 37.1 Å². The molecule has 1 aromatic heterocycles. The van der Waals surface area contributed by atoms with E-state index in [1.807, 2.05) is 39.1 Å². The van der Waals surface area contributed by atoms with Crippen LogP contribution in [0.15, 0.2) is 36.7 Å². The van der Waals surface area contributed by atoms with E-state index in [9.17, 15) is 4.79 Å². The third-order valence-corrected chi connectivity index (χ3v) is 3.71. The molecule has 4 nitrogen and oxygen atoms in total. The summed E-state index contributed by atoms with van der Waals surface area (Å²) < 4.78 is 0. The Morgan fingerprint density at radius 2 is 2.10 bits per heavy atom. The molecule has 0 bridgehead atoms. The molecule has 5 heteroatoms. The zero-order chi connectivity index (χ0) is 15.4. The summed E-state index contributed by atoms with van der Waals surface area (Å²) in [4.78, 5) is 17.9. The Bertz CT molecular complexity index is 658. The number of aromatic nitrogens is 1. The fourth-order valence-electron chi connectivity index (χ4n) is 2.05. The van der Waals surface area contributed by atoms with Gasteiger partial charge in [0, 0.05) is 25.1 Å². The number of pyridine rings is 1. The van der Waals surface area contributed by atoms with Crippen LogP contribution in [0.2, 0.25) is 5.02 Å². The summed E-state index contributed by atoms with van der Waals surface area (Å²) >= 11 is 6.07. The van der Waals surface area contributed by atoms with Gasteiger partial charge in [0.25, 0.3) is 0 Å². The number of aryl methyl sites for hydroxylation is 1. The molecule has 21 heavy (non-hydrogen) atoms. The molecule has 2 aromatic rings. The van der Waals surface area contributed by atoms with Crippen molar-refractivity contribution in [2.75, 3.05) is 23.8 Å². The lowest BCUT2D eigenvalue weighted by Crippen LogP contribution is -2.30. The van der Waals surface area contributed by atoms with Crippen molar-refractivity contribution in [1.29, 1.82) is 0 Å². The van der Waals surface area contributed by atoms with E-state index in [-0.39, 0.29) is 12.5 Å². The summed E-state index contributed by atoms with van der Waals surface area (Å²) in [5.74, 6) is -0.0842. The van der Waals surface area contributed by atoms with Crippen LogP contribution >= 0.6 is 11.6 Å². The molecule has 1 heterocycles. The monoisotopic (exact) mass is 303 g/mol. The average Bonchev–Trinajstić information content (AvgIpc) is 2.44. The topological polar surface area (TPSA) is 45.2 Å². The Labute approximate surface area is 129 Å². The molecular weight excluding hydrogens is 286 g/mol. The van der Waals surface area contributed by atoms with Gasteiger partial charge in [0.05, 0.1) is 17.3 Å². The molecule has 1 aromatic carbocycles. The third-order valence-electron chi connectivity index (χ3n) is 3.42. The SMILES string of the molecule is Cc1cccc(NC(=O)CN(C)c2ccncc2Cl)c1C. The van der Waals surface area contributed by atoms with E-state index in [2.05, 4.69) is 10.3 Å². The Kier molecular flexibility index (Phi) is 4.81. The van der Waals surface area contributed by atoms with Gasteiger partial charge in [-0.15, -0.1) is 0 Å². The summed E-state index contributed by atoms with van der Waals surface area (Å²) in [5, 5.41) is 3.46. The Balaban J connectivity index is 2.05. The largest absolute Gasteiger partial charge is 0.364 e. The van der Waals surface area contributed by atoms with Crippen LogP contribution in [0.5, 0.6) is 0 Å². The highest BCUT2D eigenvalue weighted by Crippen LogP contribution is 2.23. The number of anilines is 2. The third kappa shape index (κ3) is 3.73. The Hall–Kier alpha value is -2.07. The van der Waals surface area contributed by atoms with E-state index in [1.165, 1.54) is 0 Å². The molecule has 110 valence electrons. The van der Waals surface area contributed by atoms with Crippen molar-refractivity contribution in [3.63, 3.8) is 0 Å². The van der Waals surface area contributed by atoms with Gasteiger partial charge in [-0.2, -0.15) is 0 Å². The second kappa shape index (κ2) is 6.59. The van der Waals surface area contributed by atoms with Crippen LogP contribution in [0.1, 0.15) is 11.1 Å². The first kappa shape index (κ1) is 15.3. The summed E-state index contributed by atoms with van der Waals surface area (Å²) in [7, 11) is 1.82. The zero-order valence-corrected chi connectivity index (χ0v) is 13.1. The predicted molar refractivity (Wildman–Crippen MR) is 87.1 cm³/mol. The average molecular weight is 304 g/mol. The molecule has 1 N–H and O–H groups in total. The van der Waals surface area contributed by atoms with Gasteiger partial charge in [0.15, 0.2) is 0 Å². The molecule has 0 saturated heterocycles. The zero-order valence-electron chi connectivity index (χ0n) is 12.4. The van der Waals surface area contributed by atoms with E-state index in [4.69, 9.17) is 11.6 Å². The van der Waals surface area contributed by atoms with Crippen molar-refractivity contribution < 1.29 is 4.79 Å². The molecule has 0 aliphatic rings. The van der Waals surface area contributed by atoms with Crippen LogP contribution in [0.4, 0.5) is 11.4 Å². The first-order chi connectivity index (χ1) is 9.99. The molecule has 0 aliphatic carbocycles. The van der Waals surface area contributed by atoms with Crippen LogP contribution in [0.25, 0.3) is 0 Å². The lowest BCUT2D eigenvalue weighted by Gasteiger charge is -2.20. The van der Waals surface area contributed by atoms with E-state index >= 15 is 0 Å². The minimum atomic E-state index is -0.0842. The second-order valence-corrected chi connectivity index (χ2v) is 5.39. The predicted octanol–water partition coefficient (Wildman–Crippen LogP) is 3.43. The quantitative estimate of drug-likeness (QED) is 0.941. The smallest absolute Gasteiger partial charge is 0.243 e. The van der Waals surface area contributed by atoms with Gasteiger partial charge < -0.3 is 10.2 Å². The first-order valence-electron chi connectivity index (χ1n) is 6.65. The van der Waals surface area contributed by atoms with Crippen LogP contribution in [-0.2, 0) is 4.79 Å². The fraction of sp³-hybridized carbons (Fsp3) is 0.250. The maximum absolute atomic E-state index is 12.2. The number of hydrogen-bond donors (Lipinski definition) is 1. The molecule has 0 saturated carbocycles. The van der Waals surface area contributed by atoms with Crippen molar-refractivity contribution in [3.05, 3.63) is 52.8 Å². The van der Waals surface area contributed by atoms with Crippen molar-refractivity contribution in [1.82, 2.24) is 4.98 Å². The second-order valence-electron chi connectivity index (χ2n) is 4.98.